The Balaban J connectivity index is 2.71. The molecule has 0 aromatic heterocycles. The van der Waals surface area contributed by atoms with E-state index in [1.807, 2.05) is 0 Å². The third kappa shape index (κ3) is 1.82. The largest absolute Gasteiger partial charge is 0.339 e. The normalized spacial score (nSPS) is 20.7. The number of para-hydroxylation sites is 1. The Labute approximate surface area is 124 Å². The molecule has 2 rings (SSSR count). The van der Waals surface area contributed by atoms with Crippen molar-refractivity contribution in [1.29, 1.82) is 0 Å². The van der Waals surface area contributed by atoms with Crippen LogP contribution in [0.3, 0.4) is 0 Å². The Kier molecular flexibility index (Phi) is 3.52. The number of hydrogen-bond acceptors (Lipinski definition) is 1. The van der Waals surface area contributed by atoms with Gasteiger partial charge in [-0.3, -0.25) is 0 Å². The molecule has 1 aromatic rings. The molecule has 0 N–H and O–H groups in total. The van der Waals surface area contributed by atoms with Gasteiger partial charge in [0.2, 0.25) is 0 Å². The Morgan fingerprint density at radius 2 is 1.60 bits per heavy atom. The predicted molar refractivity (Wildman–Crippen MR) is 89.3 cm³/mol. The van der Waals surface area contributed by atoms with Crippen molar-refractivity contribution in [3.63, 3.8) is 0 Å². The molecule has 1 aliphatic heterocycles. The van der Waals surface area contributed by atoms with Gasteiger partial charge in [-0.05, 0) is 57.7 Å². The van der Waals surface area contributed by atoms with Crippen molar-refractivity contribution < 1.29 is 0 Å². The highest BCUT2D eigenvalue weighted by Gasteiger charge is 2.50. The number of benzene rings is 1. The average molecular weight is 271 g/mol. The van der Waals surface area contributed by atoms with Gasteiger partial charge in [-0.15, -0.1) is 0 Å². The van der Waals surface area contributed by atoms with Crippen LogP contribution in [0.2, 0.25) is 0 Å². The van der Waals surface area contributed by atoms with Crippen molar-refractivity contribution in [1.82, 2.24) is 0 Å². The van der Waals surface area contributed by atoms with Crippen LogP contribution in [0.1, 0.15) is 59.6 Å². The van der Waals surface area contributed by atoms with Crippen LogP contribution in [0.15, 0.2) is 29.5 Å². The minimum absolute atomic E-state index is 0.0944. The van der Waals surface area contributed by atoms with Gasteiger partial charge in [0.25, 0.3) is 0 Å². The zero-order valence-corrected chi connectivity index (χ0v) is 14.4. The summed E-state index contributed by atoms with van der Waals surface area (Å²) in [5, 5.41) is 0. The van der Waals surface area contributed by atoms with E-state index in [1.165, 1.54) is 28.1 Å². The number of aryl methyl sites for hydroxylation is 2. The summed E-state index contributed by atoms with van der Waals surface area (Å²) in [5.74, 6) is 0. The summed E-state index contributed by atoms with van der Waals surface area (Å²) < 4.78 is 0. The summed E-state index contributed by atoms with van der Waals surface area (Å²) in [6, 6.07) is 6.68. The van der Waals surface area contributed by atoms with Crippen molar-refractivity contribution in [3.8, 4) is 0 Å². The van der Waals surface area contributed by atoms with Crippen LogP contribution in [0.4, 0.5) is 5.69 Å². The molecule has 0 fully saturated rings. The molecule has 1 nitrogen and oxygen atoms in total. The number of rotatable bonds is 2. The maximum atomic E-state index is 2.58. The summed E-state index contributed by atoms with van der Waals surface area (Å²) in [7, 11) is 0. The minimum Gasteiger partial charge on any atom is -0.339 e. The molecule has 1 heterocycles. The molecule has 20 heavy (non-hydrogen) atoms. The number of hydrogen-bond donors (Lipinski definition) is 0. The second-order valence-electron chi connectivity index (χ2n) is 7.17. The van der Waals surface area contributed by atoms with Gasteiger partial charge >= 0.3 is 0 Å². The Morgan fingerprint density at radius 1 is 1.00 bits per heavy atom. The zero-order chi connectivity index (χ0) is 15.3. The summed E-state index contributed by atoms with van der Waals surface area (Å²) in [6.45, 7) is 18.5. The SMILES string of the molecule is CCc1cccc(C)c1N1C(C)=C(C)C(C)(C)C1(C)C. The quantitative estimate of drug-likeness (QED) is 0.689. The lowest BCUT2D eigenvalue weighted by atomic mass is 9.72. The summed E-state index contributed by atoms with van der Waals surface area (Å²) in [6.07, 6.45) is 1.08. The first-order valence-corrected chi connectivity index (χ1v) is 7.73. The molecule has 1 aromatic carbocycles. The molecule has 0 radical (unpaired) electrons. The van der Waals surface area contributed by atoms with E-state index in [0.29, 0.717) is 0 Å². The van der Waals surface area contributed by atoms with Crippen LogP contribution in [0, 0.1) is 12.3 Å². The van der Waals surface area contributed by atoms with E-state index in [9.17, 15) is 0 Å². The van der Waals surface area contributed by atoms with E-state index < -0.39 is 0 Å². The van der Waals surface area contributed by atoms with E-state index in [1.54, 1.807) is 0 Å². The van der Waals surface area contributed by atoms with E-state index >= 15 is 0 Å². The van der Waals surface area contributed by atoms with Gasteiger partial charge < -0.3 is 4.90 Å². The molecular weight excluding hydrogens is 242 g/mol. The van der Waals surface area contributed by atoms with E-state index in [0.717, 1.165) is 6.42 Å². The molecule has 0 bridgehead atoms. The highest BCUT2D eigenvalue weighted by Crippen LogP contribution is 2.53. The Morgan fingerprint density at radius 3 is 2.05 bits per heavy atom. The lowest BCUT2D eigenvalue weighted by Crippen LogP contribution is -2.48. The molecule has 0 atom stereocenters. The lowest BCUT2D eigenvalue weighted by molar-refractivity contribution is 0.273. The molecule has 110 valence electrons. The van der Waals surface area contributed by atoms with Crippen molar-refractivity contribution in [2.24, 2.45) is 5.41 Å². The van der Waals surface area contributed by atoms with Crippen molar-refractivity contribution in [2.45, 2.75) is 67.3 Å². The van der Waals surface area contributed by atoms with Crippen LogP contribution >= 0.6 is 0 Å². The van der Waals surface area contributed by atoms with Gasteiger partial charge in [0.15, 0.2) is 0 Å². The lowest BCUT2D eigenvalue weighted by Gasteiger charge is -2.45. The summed E-state index contributed by atoms with van der Waals surface area (Å²) in [4.78, 5) is 2.58. The molecule has 0 aliphatic carbocycles. The molecule has 0 saturated carbocycles. The van der Waals surface area contributed by atoms with Crippen molar-refractivity contribution in [3.05, 3.63) is 40.6 Å². The fourth-order valence-corrected chi connectivity index (χ4v) is 3.55. The highest BCUT2D eigenvalue weighted by atomic mass is 15.2. The number of nitrogens with zero attached hydrogens (tertiary/aromatic N) is 1. The highest BCUT2D eigenvalue weighted by molar-refractivity contribution is 5.68. The Bertz CT molecular complexity index is 561. The van der Waals surface area contributed by atoms with Gasteiger partial charge in [0.05, 0.1) is 0 Å². The van der Waals surface area contributed by atoms with E-state index in [4.69, 9.17) is 0 Å². The van der Waals surface area contributed by atoms with Crippen LogP contribution in [0.5, 0.6) is 0 Å². The average Bonchev–Trinajstić information content (AvgIpc) is 2.49. The molecule has 0 saturated heterocycles. The van der Waals surface area contributed by atoms with E-state index in [-0.39, 0.29) is 11.0 Å². The van der Waals surface area contributed by atoms with Gasteiger partial charge in [0.1, 0.15) is 0 Å². The first-order chi connectivity index (χ1) is 9.16. The van der Waals surface area contributed by atoms with Gasteiger partial charge in [-0.25, -0.2) is 0 Å². The van der Waals surface area contributed by atoms with Crippen LogP contribution in [-0.4, -0.2) is 5.54 Å². The monoisotopic (exact) mass is 271 g/mol. The summed E-state index contributed by atoms with van der Waals surface area (Å²) >= 11 is 0. The van der Waals surface area contributed by atoms with Crippen LogP contribution < -0.4 is 4.90 Å². The smallest absolute Gasteiger partial charge is 0.0480 e. The van der Waals surface area contributed by atoms with Crippen LogP contribution in [-0.2, 0) is 6.42 Å². The van der Waals surface area contributed by atoms with Crippen molar-refractivity contribution >= 4 is 5.69 Å². The minimum atomic E-state index is 0.0944. The third-order valence-corrected chi connectivity index (χ3v) is 5.83. The fourth-order valence-electron chi connectivity index (χ4n) is 3.55. The fraction of sp³-hybridized carbons (Fsp3) is 0.579. The third-order valence-electron chi connectivity index (χ3n) is 5.83. The molecule has 0 unspecified atom stereocenters. The molecule has 1 heteroatoms. The first-order valence-electron chi connectivity index (χ1n) is 7.73. The summed E-state index contributed by atoms with van der Waals surface area (Å²) in [5.41, 5.74) is 7.45. The van der Waals surface area contributed by atoms with Crippen LogP contribution in [0.25, 0.3) is 0 Å². The number of anilines is 1. The second kappa shape index (κ2) is 4.65. The standard InChI is InChI=1S/C19H29N/c1-9-16-12-10-11-13(2)17(16)20-15(4)14(3)18(5,6)19(20,7)8/h10-12H,9H2,1-8H3. The van der Waals surface area contributed by atoms with Gasteiger partial charge in [-0.2, -0.15) is 0 Å². The first kappa shape index (κ1) is 15.2. The zero-order valence-electron chi connectivity index (χ0n) is 14.4. The molecule has 1 aliphatic rings. The maximum absolute atomic E-state index is 2.58. The number of allylic oxidation sites excluding steroid dienone is 1. The molecule has 0 spiro atoms. The van der Waals surface area contributed by atoms with E-state index in [2.05, 4.69) is 78.5 Å². The Hall–Kier alpha value is -1.24. The predicted octanol–water partition coefficient (Wildman–Crippen LogP) is 5.48. The van der Waals surface area contributed by atoms with Gasteiger partial charge in [0, 0.05) is 22.3 Å². The molecule has 0 amide bonds. The van der Waals surface area contributed by atoms with Crippen molar-refractivity contribution in [2.75, 3.05) is 4.90 Å². The van der Waals surface area contributed by atoms with Gasteiger partial charge in [-0.1, -0.05) is 39.0 Å². The topological polar surface area (TPSA) is 3.24 Å². The maximum Gasteiger partial charge on any atom is 0.0480 e. The second-order valence-corrected chi connectivity index (χ2v) is 7.17. The molecular formula is C19H29N.